The lowest BCUT2D eigenvalue weighted by atomic mass is 10.1. The molecule has 2 rings (SSSR count). The zero-order valence-electron chi connectivity index (χ0n) is 10.2. The Labute approximate surface area is 102 Å². The second-order valence-electron chi connectivity index (χ2n) is 4.77. The van der Waals surface area contributed by atoms with Crippen molar-refractivity contribution in [3.63, 3.8) is 0 Å². The maximum atomic E-state index is 12.1. The summed E-state index contributed by atoms with van der Waals surface area (Å²) in [5.74, 6) is 0.253. The van der Waals surface area contributed by atoms with Crippen LogP contribution in [-0.2, 0) is 9.53 Å². The number of hydrogen-bond donors (Lipinski definition) is 2. The Morgan fingerprint density at radius 2 is 2.12 bits per heavy atom. The van der Waals surface area contributed by atoms with Crippen molar-refractivity contribution in [2.24, 2.45) is 0 Å². The summed E-state index contributed by atoms with van der Waals surface area (Å²) in [6, 6.07) is 0.0462. The van der Waals surface area contributed by atoms with Crippen molar-refractivity contribution >= 4 is 5.91 Å². The van der Waals surface area contributed by atoms with E-state index >= 15 is 0 Å². The molecule has 0 radical (unpaired) electrons. The highest BCUT2D eigenvalue weighted by atomic mass is 16.5. The third-order valence-corrected chi connectivity index (χ3v) is 3.56. The summed E-state index contributed by atoms with van der Waals surface area (Å²) in [5, 5.41) is 11.9. The maximum absolute atomic E-state index is 12.1. The largest absolute Gasteiger partial charge is 0.394 e. The van der Waals surface area contributed by atoms with Gasteiger partial charge in [0.25, 0.3) is 0 Å². The van der Waals surface area contributed by atoms with E-state index in [9.17, 15) is 4.79 Å². The molecule has 17 heavy (non-hydrogen) atoms. The van der Waals surface area contributed by atoms with Crippen LogP contribution in [0.5, 0.6) is 0 Å². The van der Waals surface area contributed by atoms with Gasteiger partial charge in [-0.25, -0.2) is 0 Å². The summed E-state index contributed by atoms with van der Waals surface area (Å²) in [7, 11) is 0. The summed E-state index contributed by atoms with van der Waals surface area (Å²) in [6.07, 6.45) is 4.06. The molecule has 0 saturated carbocycles. The van der Waals surface area contributed by atoms with E-state index in [2.05, 4.69) is 5.32 Å². The number of carbonyl (C=O) groups is 1. The van der Waals surface area contributed by atoms with Gasteiger partial charge in [-0.15, -0.1) is 0 Å². The molecule has 0 aromatic rings. The molecule has 0 unspecified atom stereocenters. The zero-order chi connectivity index (χ0) is 12.1. The topological polar surface area (TPSA) is 61.8 Å². The minimum atomic E-state index is 0.0462. The van der Waals surface area contributed by atoms with Gasteiger partial charge in [0.2, 0.25) is 5.91 Å². The van der Waals surface area contributed by atoms with Gasteiger partial charge in [0, 0.05) is 13.1 Å². The fraction of sp³-hybridized carbons (Fsp3) is 0.917. The van der Waals surface area contributed by atoms with Gasteiger partial charge in [-0.2, -0.15) is 0 Å². The van der Waals surface area contributed by atoms with Gasteiger partial charge in [-0.1, -0.05) is 0 Å². The second kappa shape index (κ2) is 6.33. The fourth-order valence-corrected chi connectivity index (χ4v) is 2.58. The first kappa shape index (κ1) is 12.8. The molecule has 2 fully saturated rings. The van der Waals surface area contributed by atoms with Crippen molar-refractivity contribution in [2.75, 3.05) is 32.8 Å². The van der Waals surface area contributed by atoms with E-state index in [-0.39, 0.29) is 24.7 Å². The highest BCUT2D eigenvalue weighted by molar-refractivity contribution is 5.82. The minimum absolute atomic E-state index is 0.0462. The molecule has 5 heteroatoms. The molecule has 0 spiro atoms. The molecule has 2 N–H and O–H groups in total. The third-order valence-electron chi connectivity index (χ3n) is 3.56. The summed E-state index contributed by atoms with van der Waals surface area (Å²) in [4.78, 5) is 14.0. The summed E-state index contributed by atoms with van der Waals surface area (Å²) < 4.78 is 5.48. The van der Waals surface area contributed by atoms with Crippen LogP contribution in [0.15, 0.2) is 0 Å². The predicted octanol–water partition coefficient (Wildman–Crippen LogP) is -0.262. The van der Waals surface area contributed by atoms with E-state index in [1.165, 1.54) is 0 Å². The van der Waals surface area contributed by atoms with Crippen molar-refractivity contribution in [2.45, 2.75) is 37.8 Å². The summed E-state index contributed by atoms with van der Waals surface area (Å²) in [5.41, 5.74) is 0. The van der Waals surface area contributed by atoms with Crippen LogP contribution in [0.3, 0.4) is 0 Å². The molecule has 5 nitrogen and oxygen atoms in total. The fourth-order valence-electron chi connectivity index (χ4n) is 2.58. The van der Waals surface area contributed by atoms with Gasteiger partial charge in [0.05, 0.1) is 25.4 Å². The molecule has 2 aliphatic rings. The van der Waals surface area contributed by atoms with Crippen LogP contribution >= 0.6 is 0 Å². The molecule has 2 aliphatic heterocycles. The Balaban J connectivity index is 1.72. The molecule has 98 valence electrons. The highest BCUT2D eigenvalue weighted by Gasteiger charge is 2.29. The number of aliphatic hydroxyl groups excluding tert-OH is 1. The Bertz CT molecular complexity index is 246. The Hall–Kier alpha value is -0.650. The average molecular weight is 242 g/mol. The quantitative estimate of drug-likeness (QED) is 0.713. The van der Waals surface area contributed by atoms with E-state index in [0.29, 0.717) is 6.61 Å². The molecule has 0 aromatic carbocycles. The number of nitrogens with zero attached hydrogens (tertiary/aromatic N) is 1. The van der Waals surface area contributed by atoms with Gasteiger partial charge in [-0.3, -0.25) is 4.79 Å². The lowest BCUT2D eigenvalue weighted by Crippen LogP contribution is -2.48. The molecule has 0 aromatic heterocycles. The molecule has 0 aliphatic carbocycles. The average Bonchev–Trinajstić information content (AvgIpc) is 2.90. The monoisotopic (exact) mass is 242 g/mol. The first-order valence-corrected chi connectivity index (χ1v) is 6.56. The lowest BCUT2D eigenvalue weighted by Gasteiger charge is -2.33. The van der Waals surface area contributed by atoms with Crippen LogP contribution in [0.1, 0.15) is 25.7 Å². The lowest BCUT2D eigenvalue weighted by molar-refractivity contribution is -0.135. The Kier molecular flexibility index (Phi) is 4.76. The van der Waals surface area contributed by atoms with E-state index in [0.717, 1.165) is 45.3 Å². The molecule has 2 heterocycles. The minimum Gasteiger partial charge on any atom is -0.394 e. The van der Waals surface area contributed by atoms with Crippen LogP contribution in [0, 0.1) is 0 Å². The van der Waals surface area contributed by atoms with Crippen LogP contribution in [0.4, 0.5) is 0 Å². The summed E-state index contributed by atoms with van der Waals surface area (Å²) >= 11 is 0. The van der Waals surface area contributed by atoms with Crippen LogP contribution in [-0.4, -0.2) is 60.9 Å². The van der Waals surface area contributed by atoms with Crippen molar-refractivity contribution in [3.8, 4) is 0 Å². The molecule has 1 amide bonds. The summed E-state index contributed by atoms with van der Waals surface area (Å²) in [6.45, 7) is 3.01. The van der Waals surface area contributed by atoms with Crippen LogP contribution in [0.25, 0.3) is 0 Å². The number of aliphatic hydroxyl groups is 1. The number of nitrogens with one attached hydrogen (secondary N) is 1. The third kappa shape index (κ3) is 3.40. The molecule has 1 atom stereocenters. The van der Waals surface area contributed by atoms with Crippen molar-refractivity contribution < 1.29 is 14.6 Å². The smallest absolute Gasteiger partial charge is 0.239 e. The van der Waals surface area contributed by atoms with E-state index in [1.54, 1.807) is 0 Å². The van der Waals surface area contributed by atoms with Crippen molar-refractivity contribution in [3.05, 3.63) is 0 Å². The first-order valence-electron chi connectivity index (χ1n) is 6.56. The molecule has 0 bridgehead atoms. The number of rotatable bonds is 4. The van der Waals surface area contributed by atoms with Crippen molar-refractivity contribution in [1.29, 1.82) is 0 Å². The Morgan fingerprint density at radius 3 is 2.71 bits per heavy atom. The van der Waals surface area contributed by atoms with Gasteiger partial charge in [0.1, 0.15) is 0 Å². The van der Waals surface area contributed by atoms with Gasteiger partial charge >= 0.3 is 0 Å². The van der Waals surface area contributed by atoms with E-state index < -0.39 is 0 Å². The molecular weight excluding hydrogens is 220 g/mol. The Morgan fingerprint density at radius 1 is 1.35 bits per heavy atom. The predicted molar refractivity (Wildman–Crippen MR) is 63.7 cm³/mol. The number of carbonyl (C=O) groups excluding carboxylic acids is 1. The maximum Gasteiger partial charge on any atom is 0.239 e. The SMILES string of the molecule is O=C([C@@H]1CCCN1)N1CCC(OCCO)CC1. The number of likely N-dealkylation sites (tertiary alicyclic amines) is 1. The molecule has 2 saturated heterocycles. The highest BCUT2D eigenvalue weighted by Crippen LogP contribution is 2.16. The van der Waals surface area contributed by atoms with Crippen molar-refractivity contribution in [1.82, 2.24) is 10.2 Å². The molecular formula is C12H22N2O3. The zero-order valence-corrected chi connectivity index (χ0v) is 10.2. The van der Waals surface area contributed by atoms with E-state index in [1.807, 2.05) is 4.90 Å². The standard InChI is InChI=1S/C12H22N2O3/c15-8-9-17-10-3-6-14(7-4-10)12(16)11-2-1-5-13-11/h10-11,13,15H,1-9H2/t11-/m0/s1. The first-order chi connectivity index (χ1) is 8.31. The number of amides is 1. The van der Waals surface area contributed by atoms with Crippen LogP contribution in [0.2, 0.25) is 0 Å². The van der Waals surface area contributed by atoms with Gasteiger partial charge < -0.3 is 20.1 Å². The van der Waals surface area contributed by atoms with Crippen LogP contribution < -0.4 is 5.32 Å². The second-order valence-corrected chi connectivity index (χ2v) is 4.77. The number of hydrogen-bond acceptors (Lipinski definition) is 4. The number of ether oxygens (including phenoxy) is 1. The van der Waals surface area contributed by atoms with Gasteiger partial charge in [-0.05, 0) is 32.2 Å². The van der Waals surface area contributed by atoms with E-state index in [4.69, 9.17) is 9.84 Å². The number of piperidine rings is 1. The van der Waals surface area contributed by atoms with Gasteiger partial charge in [0.15, 0.2) is 0 Å². The normalized spacial score (nSPS) is 26.4.